The number of fused-ring (bicyclic) bond motifs is 1. The average Bonchev–Trinajstić information content (AvgIpc) is 3.47. The number of nitrogens with one attached hydrogen (secondary N) is 1. The van der Waals surface area contributed by atoms with Gasteiger partial charge in [0.05, 0.1) is 7.11 Å². The van der Waals surface area contributed by atoms with E-state index in [4.69, 9.17) is 13.6 Å². The highest BCUT2D eigenvalue weighted by molar-refractivity contribution is 9.10. The molecule has 0 unspecified atom stereocenters. The number of hydrogen-bond donors (Lipinski definition) is 1. The highest BCUT2D eigenvalue weighted by atomic mass is 79.9. The van der Waals surface area contributed by atoms with Crippen molar-refractivity contribution in [3.63, 3.8) is 0 Å². The van der Waals surface area contributed by atoms with Gasteiger partial charge in [0.2, 0.25) is 5.89 Å². The smallest absolute Gasteiger partial charge is 0.291 e. The standard InChI is InChI=1S/C25H17BrN2O4/c1-30-19-9-10-22-20(14-19)28-25(32-22)16-3-2-4-18(13-16)27-24(29)23-12-11-21(31-23)15-5-7-17(26)8-6-15/h2-14H,1H3,(H,27,29). The number of aromatic nitrogens is 1. The molecule has 0 fully saturated rings. The van der Waals surface area contributed by atoms with Crippen molar-refractivity contribution in [1.82, 2.24) is 4.98 Å². The molecular weight excluding hydrogens is 472 g/mol. The largest absolute Gasteiger partial charge is 0.497 e. The SMILES string of the molecule is COc1ccc2oc(-c3cccc(NC(=O)c4ccc(-c5ccc(Br)cc5)o4)c3)nc2c1. The molecule has 1 amide bonds. The van der Waals surface area contributed by atoms with Gasteiger partial charge in [-0.15, -0.1) is 0 Å². The molecule has 7 heteroatoms. The fourth-order valence-corrected chi connectivity index (χ4v) is 3.57. The Bertz CT molecular complexity index is 1420. The van der Waals surface area contributed by atoms with Gasteiger partial charge in [-0.05, 0) is 54.6 Å². The molecule has 0 atom stereocenters. The number of carbonyl (C=O) groups excluding carboxylic acids is 1. The van der Waals surface area contributed by atoms with E-state index in [0.717, 1.165) is 15.6 Å². The Balaban J connectivity index is 1.36. The quantitative estimate of drug-likeness (QED) is 0.295. The number of amides is 1. The fraction of sp³-hybridized carbons (Fsp3) is 0.0400. The summed E-state index contributed by atoms with van der Waals surface area (Å²) in [6.45, 7) is 0. The van der Waals surface area contributed by atoms with Gasteiger partial charge in [-0.3, -0.25) is 4.79 Å². The van der Waals surface area contributed by atoms with E-state index in [9.17, 15) is 4.79 Å². The average molecular weight is 489 g/mol. The minimum absolute atomic E-state index is 0.224. The highest BCUT2D eigenvalue weighted by Gasteiger charge is 2.14. The summed E-state index contributed by atoms with van der Waals surface area (Å²) in [6.07, 6.45) is 0. The van der Waals surface area contributed by atoms with Crippen molar-refractivity contribution < 1.29 is 18.4 Å². The molecule has 2 aromatic heterocycles. The number of anilines is 1. The second-order valence-corrected chi connectivity index (χ2v) is 7.97. The van der Waals surface area contributed by atoms with Crippen LogP contribution >= 0.6 is 15.9 Å². The van der Waals surface area contributed by atoms with Crippen molar-refractivity contribution in [2.75, 3.05) is 12.4 Å². The van der Waals surface area contributed by atoms with Crippen molar-refractivity contribution in [2.24, 2.45) is 0 Å². The highest BCUT2D eigenvalue weighted by Crippen LogP contribution is 2.29. The molecule has 0 aliphatic rings. The van der Waals surface area contributed by atoms with E-state index in [1.807, 2.05) is 54.6 Å². The number of halogens is 1. The van der Waals surface area contributed by atoms with Crippen LogP contribution in [0, 0.1) is 0 Å². The second-order valence-electron chi connectivity index (χ2n) is 7.06. The van der Waals surface area contributed by atoms with Crippen molar-refractivity contribution in [2.45, 2.75) is 0 Å². The molecule has 2 heterocycles. The van der Waals surface area contributed by atoms with Crippen LogP contribution in [0.3, 0.4) is 0 Å². The fourth-order valence-electron chi connectivity index (χ4n) is 3.31. The molecule has 5 rings (SSSR count). The molecule has 32 heavy (non-hydrogen) atoms. The number of nitrogens with zero attached hydrogens (tertiary/aromatic N) is 1. The molecule has 1 N–H and O–H groups in total. The van der Waals surface area contributed by atoms with E-state index in [2.05, 4.69) is 26.2 Å². The van der Waals surface area contributed by atoms with E-state index in [1.54, 1.807) is 31.4 Å². The van der Waals surface area contributed by atoms with Crippen LogP contribution in [0.4, 0.5) is 5.69 Å². The second kappa shape index (κ2) is 8.36. The molecular formula is C25H17BrN2O4. The number of rotatable bonds is 5. The van der Waals surface area contributed by atoms with Crippen LogP contribution in [0.2, 0.25) is 0 Å². The molecule has 0 saturated carbocycles. The minimum Gasteiger partial charge on any atom is -0.497 e. The van der Waals surface area contributed by atoms with E-state index in [0.29, 0.717) is 34.2 Å². The maximum Gasteiger partial charge on any atom is 0.291 e. The summed E-state index contributed by atoms with van der Waals surface area (Å²) in [5.41, 5.74) is 3.60. The first-order chi connectivity index (χ1) is 15.6. The monoisotopic (exact) mass is 488 g/mol. The predicted molar refractivity (Wildman–Crippen MR) is 126 cm³/mol. The Hall–Kier alpha value is -3.84. The lowest BCUT2D eigenvalue weighted by molar-refractivity contribution is 0.0997. The number of oxazole rings is 1. The summed E-state index contributed by atoms with van der Waals surface area (Å²) >= 11 is 3.41. The van der Waals surface area contributed by atoms with Crippen molar-refractivity contribution in [3.05, 3.63) is 89.1 Å². The van der Waals surface area contributed by atoms with Crippen molar-refractivity contribution >= 4 is 38.6 Å². The van der Waals surface area contributed by atoms with Gasteiger partial charge >= 0.3 is 0 Å². The maximum atomic E-state index is 12.7. The third-order valence-electron chi connectivity index (χ3n) is 4.92. The Kier molecular flexibility index (Phi) is 5.25. The van der Waals surface area contributed by atoms with E-state index >= 15 is 0 Å². The van der Waals surface area contributed by atoms with Crippen LogP contribution in [-0.2, 0) is 0 Å². The van der Waals surface area contributed by atoms with Gasteiger partial charge in [-0.2, -0.15) is 0 Å². The van der Waals surface area contributed by atoms with Gasteiger partial charge < -0.3 is 18.9 Å². The Morgan fingerprint density at radius 3 is 2.59 bits per heavy atom. The Morgan fingerprint density at radius 2 is 1.78 bits per heavy atom. The first-order valence-corrected chi connectivity index (χ1v) is 10.6. The van der Waals surface area contributed by atoms with Crippen LogP contribution in [0.25, 0.3) is 33.9 Å². The molecule has 0 bridgehead atoms. The summed E-state index contributed by atoms with van der Waals surface area (Å²) in [7, 11) is 1.61. The first-order valence-electron chi connectivity index (χ1n) is 9.81. The summed E-state index contributed by atoms with van der Waals surface area (Å²) in [6, 6.07) is 23.9. The summed E-state index contributed by atoms with van der Waals surface area (Å²) in [5, 5.41) is 2.86. The number of furan rings is 1. The van der Waals surface area contributed by atoms with Crippen molar-refractivity contribution in [3.8, 4) is 28.5 Å². The zero-order valence-electron chi connectivity index (χ0n) is 17.0. The van der Waals surface area contributed by atoms with Gasteiger partial charge in [0.1, 0.15) is 17.0 Å². The third-order valence-corrected chi connectivity index (χ3v) is 5.45. The normalized spacial score (nSPS) is 10.9. The van der Waals surface area contributed by atoms with Crippen LogP contribution in [-0.4, -0.2) is 18.0 Å². The molecule has 5 aromatic rings. The number of benzene rings is 3. The van der Waals surface area contributed by atoms with Gasteiger partial charge in [-0.25, -0.2) is 4.98 Å². The lowest BCUT2D eigenvalue weighted by Gasteiger charge is -2.04. The number of hydrogen-bond acceptors (Lipinski definition) is 5. The molecule has 0 aliphatic carbocycles. The maximum absolute atomic E-state index is 12.7. The summed E-state index contributed by atoms with van der Waals surface area (Å²) in [5.74, 6) is 1.67. The van der Waals surface area contributed by atoms with E-state index in [-0.39, 0.29) is 11.7 Å². The first kappa shape index (κ1) is 20.1. The van der Waals surface area contributed by atoms with Gasteiger partial charge in [-0.1, -0.05) is 34.1 Å². The van der Waals surface area contributed by atoms with Gasteiger partial charge in [0, 0.05) is 27.4 Å². The van der Waals surface area contributed by atoms with E-state index < -0.39 is 0 Å². The van der Waals surface area contributed by atoms with Crippen molar-refractivity contribution in [1.29, 1.82) is 0 Å². The summed E-state index contributed by atoms with van der Waals surface area (Å²) < 4.78 is 17.8. The zero-order valence-corrected chi connectivity index (χ0v) is 18.5. The van der Waals surface area contributed by atoms with Crippen LogP contribution in [0.5, 0.6) is 5.75 Å². The number of ether oxygens (including phenoxy) is 1. The van der Waals surface area contributed by atoms with Gasteiger partial charge in [0.25, 0.3) is 5.91 Å². The number of carbonyl (C=O) groups is 1. The Morgan fingerprint density at radius 1 is 0.938 bits per heavy atom. The summed E-state index contributed by atoms with van der Waals surface area (Å²) in [4.78, 5) is 17.2. The van der Waals surface area contributed by atoms with Crippen LogP contribution < -0.4 is 10.1 Å². The predicted octanol–water partition coefficient (Wildman–Crippen LogP) is 6.78. The van der Waals surface area contributed by atoms with Crippen LogP contribution in [0.1, 0.15) is 10.6 Å². The van der Waals surface area contributed by atoms with Crippen LogP contribution in [0.15, 0.2) is 92.2 Å². The lowest BCUT2D eigenvalue weighted by Crippen LogP contribution is -2.10. The molecule has 158 valence electrons. The zero-order chi connectivity index (χ0) is 22.1. The Labute approximate surface area is 192 Å². The minimum atomic E-state index is -0.340. The molecule has 3 aromatic carbocycles. The lowest BCUT2D eigenvalue weighted by atomic mass is 10.2. The number of methoxy groups -OCH3 is 1. The topological polar surface area (TPSA) is 77.5 Å². The molecule has 0 saturated heterocycles. The van der Waals surface area contributed by atoms with E-state index in [1.165, 1.54) is 0 Å². The molecule has 0 aliphatic heterocycles. The molecule has 0 radical (unpaired) electrons. The molecule has 0 spiro atoms. The van der Waals surface area contributed by atoms with Gasteiger partial charge in [0.15, 0.2) is 11.3 Å². The molecule has 6 nitrogen and oxygen atoms in total. The third kappa shape index (κ3) is 4.02.